The summed E-state index contributed by atoms with van der Waals surface area (Å²) in [5.41, 5.74) is 1.43. The average Bonchev–Trinajstić information content (AvgIpc) is 2.62. The van der Waals surface area contributed by atoms with E-state index in [1.54, 1.807) is 31.5 Å². The molecule has 132 valence electrons. The van der Waals surface area contributed by atoms with Gasteiger partial charge in [0.25, 0.3) is 5.91 Å². The van der Waals surface area contributed by atoms with Crippen LogP contribution in [0, 0.1) is 5.92 Å². The van der Waals surface area contributed by atoms with Crippen molar-refractivity contribution in [2.45, 2.75) is 19.8 Å². The van der Waals surface area contributed by atoms with E-state index in [9.17, 15) is 4.79 Å². The first-order valence-corrected chi connectivity index (χ1v) is 8.80. The molecular formula is C19H22ClN3O2. The molecule has 3 rings (SSSR count). The van der Waals surface area contributed by atoms with E-state index in [1.165, 1.54) is 6.42 Å². The fourth-order valence-corrected chi connectivity index (χ4v) is 3.30. The smallest absolute Gasteiger partial charge is 0.255 e. The van der Waals surface area contributed by atoms with Crippen LogP contribution in [0.3, 0.4) is 0 Å². The van der Waals surface area contributed by atoms with E-state index < -0.39 is 0 Å². The molecule has 1 N–H and O–H groups in total. The number of amides is 1. The number of piperidine rings is 1. The number of aromatic nitrogens is 1. The lowest BCUT2D eigenvalue weighted by Gasteiger charge is -2.30. The van der Waals surface area contributed by atoms with Crippen LogP contribution < -0.4 is 10.1 Å². The summed E-state index contributed by atoms with van der Waals surface area (Å²) in [4.78, 5) is 18.8. The minimum Gasteiger partial charge on any atom is -0.495 e. The summed E-state index contributed by atoms with van der Waals surface area (Å²) in [7, 11) is 1.58. The molecule has 1 amide bonds. The van der Waals surface area contributed by atoms with E-state index in [2.05, 4.69) is 17.2 Å². The largest absolute Gasteiger partial charge is 0.495 e. The molecule has 1 unspecified atom stereocenters. The van der Waals surface area contributed by atoms with Gasteiger partial charge in [-0.1, -0.05) is 18.5 Å². The maximum Gasteiger partial charge on any atom is 0.255 e. The van der Waals surface area contributed by atoms with Crippen molar-refractivity contribution in [2.75, 3.05) is 25.5 Å². The van der Waals surface area contributed by atoms with Crippen LogP contribution in [0.25, 0.3) is 0 Å². The Hall–Kier alpha value is -2.27. The highest BCUT2D eigenvalue weighted by atomic mass is 35.5. The number of methoxy groups -OCH3 is 1. The number of likely N-dealkylation sites (tertiary alicyclic amines) is 1. The molecule has 1 aliphatic heterocycles. The van der Waals surface area contributed by atoms with Gasteiger partial charge in [-0.15, -0.1) is 0 Å². The van der Waals surface area contributed by atoms with Crippen LogP contribution in [0.1, 0.15) is 30.1 Å². The third-order valence-electron chi connectivity index (χ3n) is 4.38. The number of carbonyl (C=O) groups excluding carboxylic acids is 1. The van der Waals surface area contributed by atoms with Gasteiger partial charge in [-0.05, 0) is 49.1 Å². The van der Waals surface area contributed by atoms with Crippen molar-refractivity contribution in [3.63, 3.8) is 0 Å². The Labute approximate surface area is 153 Å². The van der Waals surface area contributed by atoms with Crippen molar-refractivity contribution >= 4 is 29.0 Å². The topological polar surface area (TPSA) is 54.5 Å². The summed E-state index contributed by atoms with van der Waals surface area (Å²) in [6.07, 6.45) is 3.88. The van der Waals surface area contributed by atoms with E-state index in [1.807, 2.05) is 17.0 Å². The number of halogens is 1. The molecule has 0 aliphatic carbocycles. The number of rotatable bonds is 4. The molecule has 0 bridgehead atoms. The van der Waals surface area contributed by atoms with E-state index in [-0.39, 0.29) is 5.91 Å². The zero-order valence-electron chi connectivity index (χ0n) is 14.5. The van der Waals surface area contributed by atoms with Crippen molar-refractivity contribution in [1.29, 1.82) is 0 Å². The van der Waals surface area contributed by atoms with Gasteiger partial charge < -0.3 is 15.0 Å². The molecule has 2 heterocycles. The van der Waals surface area contributed by atoms with Gasteiger partial charge in [-0.3, -0.25) is 4.79 Å². The van der Waals surface area contributed by atoms with Gasteiger partial charge in [0.15, 0.2) is 0 Å². The second-order valence-electron chi connectivity index (χ2n) is 6.41. The summed E-state index contributed by atoms with van der Waals surface area (Å²) in [6.45, 7) is 3.83. The Bertz CT molecular complexity index is 749. The van der Waals surface area contributed by atoms with E-state index in [4.69, 9.17) is 16.3 Å². The fraction of sp³-hybridized carbons (Fsp3) is 0.368. The van der Waals surface area contributed by atoms with E-state index >= 15 is 0 Å². The number of pyridine rings is 1. The highest BCUT2D eigenvalue weighted by molar-refractivity contribution is 6.32. The normalized spacial score (nSPS) is 17.2. The number of carbonyl (C=O) groups is 1. The molecule has 0 spiro atoms. The minimum absolute atomic E-state index is 0.0538. The summed E-state index contributed by atoms with van der Waals surface area (Å²) >= 11 is 6.12. The van der Waals surface area contributed by atoms with Crippen LogP contribution in [0.15, 0.2) is 36.5 Å². The Morgan fingerprint density at radius 1 is 1.36 bits per heavy atom. The SMILES string of the molecule is COc1ccc(Nc2ccc(C(=O)N3CCCC(C)C3)cn2)cc1Cl. The lowest BCUT2D eigenvalue weighted by atomic mass is 10.00. The van der Waals surface area contributed by atoms with Gasteiger partial charge in [-0.25, -0.2) is 4.98 Å². The molecule has 0 saturated carbocycles. The van der Waals surface area contributed by atoms with E-state index in [0.717, 1.165) is 25.2 Å². The predicted octanol–water partition coefficient (Wildman–Crippen LogP) is 4.36. The van der Waals surface area contributed by atoms with Crippen LogP contribution in [0.5, 0.6) is 5.75 Å². The summed E-state index contributed by atoms with van der Waals surface area (Å²) < 4.78 is 5.14. The number of anilines is 2. The van der Waals surface area contributed by atoms with Crippen molar-refractivity contribution in [3.05, 3.63) is 47.1 Å². The third-order valence-corrected chi connectivity index (χ3v) is 4.67. The second kappa shape index (κ2) is 7.74. The van der Waals surface area contributed by atoms with Crippen LogP contribution in [-0.4, -0.2) is 36.0 Å². The Morgan fingerprint density at radius 2 is 2.20 bits per heavy atom. The molecule has 2 aromatic rings. The molecule has 25 heavy (non-hydrogen) atoms. The van der Waals surface area contributed by atoms with Crippen molar-refractivity contribution in [1.82, 2.24) is 9.88 Å². The molecule has 1 aromatic carbocycles. The van der Waals surface area contributed by atoms with Gasteiger partial charge in [0.1, 0.15) is 11.6 Å². The standard InChI is InChI=1S/C19H22ClN3O2/c1-13-4-3-9-23(12-13)19(24)14-5-8-18(21-11-14)22-15-6-7-17(25-2)16(20)10-15/h5-8,10-11,13H,3-4,9,12H2,1-2H3,(H,21,22). The minimum atomic E-state index is 0.0538. The van der Waals surface area contributed by atoms with Crippen LogP contribution in [-0.2, 0) is 0 Å². The summed E-state index contributed by atoms with van der Waals surface area (Å²) in [5.74, 6) is 1.89. The Morgan fingerprint density at radius 3 is 2.84 bits per heavy atom. The molecule has 1 aliphatic rings. The van der Waals surface area contributed by atoms with Gasteiger partial charge in [0.05, 0.1) is 17.7 Å². The highest BCUT2D eigenvalue weighted by Crippen LogP contribution is 2.28. The zero-order chi connectivity index (χ0) is 17.8. The van der Waals surface area contributed by atoms with Crippen molar-refractivity contribution < 1.29 is 9.53 Å². The van der Waals surface area contributed by atoms with E-state index in [0.29, 0.717) is 28.1 Å². The van der Waals surface area contributed by atoms with Crippen LogP contribution >= 0.6 is 11.6 Å². The van der Waals surface area contributed by atoms with Crippen LogP contribution in [0.2, 0.25) is 5.02 Å². The Balaban J connectivity index is 1.67. The predicted molar refractivity (Wildman–Crippen MR) is 99.8 cm³/mol. The first-order chi connectivity index (χ1) is 12.1. The maximum atomic E-state index is 12.6. The number of nitrogens with one attached hydrogen (secondary N) is 1. The highest BCUT2D eigenvalue weighted by Gasteiger charge is 2.22. The number of ether oxygens (including phenoxy) is 1. The van der Waals surface area contributed by atoms with Crippen molar-refractivity contribution in [3.8, 4) is 5.75 Å². The summed E-state index contributed by atoms with van der Waals surface area (Å²) in [6, 6.07) is 9.04. The molecule has 0 radical (unpaired) electrons. The Kier molecular flexibility index (Phi) is 5.43. The number of benzene rings is 1. The number of nitrogens with zero attached hydrogens (tertiary/aromatic N) is 2. The van der Waals surface area contributed by atoms with Gasteiger partial charge in [0, 0.05) is 25.0 Å². The van der Waals surface area contributed by atoms with Gasteiger partial charge in [0.2, 0.25) is 0 Å². The first-order valence-electron chi connectivity index (χ1n) is 8.42. The molecular weight excluding hydrogens is 338 g/mol. The first kappa shape index (κ1) is 17.5. The van der Waals surface area contributed by atoms with Crippen LogP contribution in [0.4, 0.5) is 11.5 Å². The fourth-order valence-electron chi connectivity index (χ4n) is 3.04. The molecule has 1 atom stereocenters. The van der Waals surface area contributed by atoms with Crippen molar-refractivity contribution in [2.24, 2.45) is 5.92 Å². The maximum absolute atomic E-state index is 12.6. The lowest BCUT2D eigenvalue weighted by molar-refractivity contribution is 0.0682. The quantitative estimate of drug-likeness (QED) is 0.881. The number of hydrogen-bond donors (Lipinski definition) is 1. The monoisotopic (exact) mass is 359 g/mol. The number of hydrogen-bond acceptors (Lipinski definition) is 4. The lowest BCUT2D eigenvalue weighted by Crippen LogP contribution is -2.39. The molecule has 5 nitrogen and oxygen atoms in total. The van der Waals surface area contributed by atoms with Gasteiger partial charge in [-0.2, -0.15) is 0 Å². The third kappa shape index (κ3) is 4.23. The molecule has 1 saturated heterocycles. The average molecular weight is 360 g/mol. The molecule has 1 aromatic heterocycles. The van der Waals surface area contributed by atoms with Gasteiger partial charge >= 0.3 is 0 Å². The molecule has 6 heteroatoms. The second-order valence-corrected chi connectivity index (χ2v) is 6.81. The molecule has 1 fully saturated rings. The summed E-state index contributed by atoms with van der Waals surface area (Å²) in [5, 5.41) is 3.70. The zero-order valence-corrected chi connectivity index (χ0v) is 15.2.